The van der Waals surface area contributed by atoms with Crippen LogP contribution < -0.4 is 10.5 Å². The Morgan fingerprint density at radius 3 is 2.36 bits per heavy atom. The number of pyridine rings is 1. The predicted octanol–water partition coefficient (Wildman–Crippen LogP) is 3.58. The molecule has 33 heavy (non-hydrogen) atoms. The molecular weight excluding hydrogens is 454 g/mol. The van der Waals surface area contributed by atoms with E-state index < -0.39 is 0 Å². The molecule has 0 N–H and O–H groups in total. The summed E-state index contributed by atoms with van der Waals surface area (Å²) in [6.07, 6.45) is 4.46. The number of thiocarbonyl (C=S) groups is 1. The van der Waals surface area contributed by atoms with Gasteiger partial charge in [0.2, 0.25) is 0 Å². The highest BCUT2D eigenvalue weighted by molar-refractivity contribution is 8.26. The van der Waals surface area contributed by atoms with Gasteiger partial charge in [-0.3, -0.25) is 19.1 Å². The molecule has 0 saturated carbocycles. The topological polar surface area (TPSA) is 72.6 Å². The maximum atomic E-state index is 13.3. The zero-order valence-corrected chi connectivity index (χ0v) is 21.7. The molecule has 7 nitrogen and oxygen atoms in total. The molecule has 1 amide bonds. The number of aromatic nitrogens is 1. The van der Waals surface area contributed by atoms with Crippen molar-refractivity contribution in [1.29, 1.82) is 5.26 Å². The zero-order chi connectivity index (χ0) is 24.1. The second-order valence-corrected chi connectivity index (χ2v) is 10.1. The summed E-state index contributed by atoms with van der Waals surface area (Å²) in [5.74, 6) is 0.722. The molecule has 0 atom stereocenters. The van der Waals surface area contributed by atoms with Gasteiger partial charge in [-0.05, 0) is 37.9 Å². The lowest BCUT2D eigenvalue weighted by Crippen LogP contribution is -2.48. The summed E-state index contributed by atoms with van der Waals surface area (Å²) in [4.78, 5) is 33.2. The molecule has 0 aromatic carbocycles. The summed E-state index contributed by atoms with van der Waals surface area (Å²) in [7, 11) is 0. The van der Waals surface area contributed by atoms with E-state index in [-0.39, 0.29) is 17.0 Å². The SMILES string of the molecule is CCCCn1c(N2CCN(CC)CC2)c(/C=C2\SC(=S)N(CCC)C2=O)c(C)c(C#N)c1=O. The highest BCUT2D eigenvalue weighted by Gasteiger charge is 2.33. The Hall–Kier alpha value is -2.15. The third-order valence-electron chi connectivity index (χ3n) is 6.30. The molecule has 0 bridgehead atoms. The molecule has 0 aliphatic carbocycles. The van der Waals surface area contributed by atoms with Gasteiger partial charge < -0.3 is 9.80 Å². The van der Waals surface area contributed by atoms with Gasteiger partial charge in [0.25, 0.3) is 11.5 Å². The minimum atomic E-state index is -0.243. The largest absolute Gasteiger partial charge is 0.355 e. The van der Waals surface area contributed by atoms with E-state index >= 15 is 0 Å². The molecule has 2 aliphatic rings. The van der Waals surface area contributed by atoms with Crippen molar-refractivity contribution < 1.29 is 4.79 Å². The molecule has 2 saturated heterocycles. The first-order valence-electron chi connectivity index (χ1n) is 11.8. The third-order valence-corrected chi connectivity index (χ3v) is 7.67. The van der Waals surface area contributed by atoms with Gasteiger partial charge in [0.05, 0.1) is 4.91 Å². The van der Waals surface area contributed by atoms with E-state index in [9.17, 15) is 14.9 Å². The molecule has 3 rings (SSSR count). The molecule has 2 aliphatic heterocycles. The van der Waals surface area contributed by atoms with Crippen molar-refractivity contribution in [1.82, 2.24) is 14.4 Å². The first kappa shape index (κ1) is 25.5. The molecule has 178 valence electrons. The van der Waals surface area contributed by atoms with Crippen LogP contribution in [0, 0.1) is 18.3 Å². The van der Waals surface area contributed by atoms with E-state index in [4.69, 9.17) is 12.2 Å². The van der Waals surface area contributed by atoms with Crippen molar-refractivity contribution in [2.45, 2.75) is 53.5 Å². The number of nitriles is 1. The third kappa shape index (κ3) is 5.18. The van der Waals surface area contributed by atoms with Gasteiger partial charge >= 0.3 is 0 Å². The Labute approximate surface area is 206 Å². The lowest BCUT2D eigenvalue weighted by molar-refractivity contribution is -0.122. The summed E-state index contributed by atoms with van der Waals surface area (Å²) in [5, 5.41) is 9.80. The van der Waals surface area contributed by atoms with E-state index in [0.29, 0.717) is 27.9 Å². The lowest BCUT2D eigenvalue weighted by atomic mass is 10.0. The minimum Gasteiger partial charge on any atom is -0.355 e. The summed E-state index contributed by atoms with van der Waals surface area (Å²) in [6.45, 7) is 13.6. The molecule has 2 fully saturated rings. The number of thioether (sulfide) groups is 1. The van der Waals surface area contributed by atoms with Crippen molar-refractivity contribution in [3.8, 4) is 6.07 Å². The fourth-order valence-corrected chi connectivity index (χ4v) is 5.62. The van der Waals surface area contributed by atoms with Crippen LogP contribution in [0.25, 0.3) is 6.08 Å². The van der Waals surface area contributed by atoms with Crippen molar-refractivity contribution in [2.24, 2.45) is 0 Å². The number of piperazine rings is 1. The summed E-state index contributed by atoms with van der Waals surface area (Å²) in [6, 6.07) is 2.12. The number of nitrogens with zero attached hydrogens (tertiary/aromatic N) is 5. The molecule has 0 radical (unpaired) electrons. The van der Waals surface area contributed by atoms with E-state index in [1.54, 1.807) is 9.47 Å². The Kier molecular flexibility index (Phi) is 8.74. The number of likely N-dealkylation sites (N-methyl/N-ethyl adjacent to an activating group) is 1. The second kappa shape index (κ2) is 11.3. The van der Waals surface area contributed by atoms with Crippen LogP contribution >= 0.6 is 24.0 Å². The lowest BCUT2D eigenvalue weighted by Gasteiger charge is -2.37. The van der Waals surface area contributed by atoms with E-state index in [0.717, 1.165) is 63.4 Å². The summed E-state index contributed by atoms with van der Waals surface area (Å²) in [5.41, 5.74) is 1.32. The van der Waals surface area contributed by atoms with Crippen LogP contribution in [0.1, 0.15) is 56.7 Å². The van der Waals surface area contributed by atoms with E-state index in [1.165, 1.54) is 11.8 Å². The Balaban J connectivity index is 2.19. The van der Waals surface area contributed by atoms with Gasteiger partial charge in [0.15, 0.2) is 0 Å². The number of hydrogen-bond acceptors (Lipinski definition) is 7. The maximum Gasteiger partial charge on any atom is 0.270 e. The number of hydrogen-bond donors (Lipinski definition) is 0. The molecule has 0 spiro atoms. The van der Waals surface area contributed by atoms with Crippen LogP contribution in [0.3, 0.4) is 0 Å². The number of amides is 1. The van der Waals surface area contributed by atoms with Crippen LogP contribution in [0.4, 0.5) is 5.82 Å². The Bertz CT molecular complexity index is 1050. The van der Waals surface area contributed by atoms with Crippen LogP contribution in [0.15, 0.2) is 9.70 Å². The quantitative estimate of drug-likeness (QED) is 0.410. The first-order chi connectivity index (χ1) is 15.9. The van der Waals surface area contributed by atoms with E-state index in [2.05, 4.69) is 29.7 Å². The fourth-order valence-electron chi connectivity index (χ4n) is 4.33. The van der Waals surface area contributed by atoms with Gasteiger partial charge in [-0.2, -0.15) is 5.26 Å². The normalized spacial score (nSPS) is 18.5. The van der Waals surface area contributed by atoms with Crippen molar-refractivity contribution in [2.75, 3.05) is 44.2 Å². The highest BCUT2D eigenvalue weighted by atomic mass is 32.2. The number of anilines is 1. The van der Waals surface area contributed by atoms with Crippen molar-refractivity contribution in [3.05, 3.63) is 31.9 Å². The van der Waals surface area contributed by atoms with Gasteiger partial charge in [0, 0.05) is 44.8 Å². The number of rotatable bonds is 8. The van der Waals surface area contributed by atoms with Crippen LogP contribution in [-0.4, -0.2) is 63.9 Å². The Morgan fingerprint density at radius 2 is 1.79 bits per heavy atom. The minimum absolute atomic E-state index is 0.0992. The molecule has 9 heteroatoms. The van der Waals surface area contributed by atoms with E-state index in [1.807, 2.05) is 19.9 Å². The average molecular weight is 488 g/mol. The molecule has 1 aromatic heterocycles. The number of carbonyl (C=O) groups is 1. The van der Waals surface area contributed by atoms with Crippen LogP contribution in [-0.2, 0) is 11.3 Å². The fraction of sp³-hybridized carbons (Fsp3) is 0.583. The average Bonchev–Trinajstić information content (AvgIpc) is 3.08. The second-order valence-electron chi connectivity index (χ2n) is 8.41. The first-order valence-corrected chi connectivity index (χ1v) is 13.0. The van der Waals surface area contributed by atoms with Gasteiger partial charge in [-0.15, -0.1) is 0 Å². The van der Waals surface area contributed by atoms with Gasteiger partial charge in [-0.1, -0.05) is 51.2 Å². The smallest absolute Gasteiger partial charge is 0.270 e. The highest BCUT2D eigenvalue weighted by Crippen LogP contribution is 2.36. The van der Waals surface area contributed by atoms with Gasteiger partial charge in [0.1, 0.15) is 21.8 Å². The summed E-state index contributed by atoms with van der Waals surface area (Å²) < 4.78 is 2.32. The molecular formula is C24H33N5O2S2. The van der Waals surface area contributed by atoms with Crippen molar-refractivity contribution in [3.63, 3.8) is 0 Å². The predicted molar refractivity (Wildman–Crippen MR) is 140 cm³/mol. The van der Waals surface area contributed by atoms with Gasteiger partial charge in [-0.25, -0.2) is 0 Å². The van der Waals surface area contributed by atoms with Crippen LogP contribution in [0.2, 0.25) is 0 Å². The number of unbranched alkanes of at least 4 members (excludes halogenated alkanes) is 1. The van der Waals surface area contributed by atoms with Crippen molar-refractivity contribution >= 4 is 46.1 Å². The monoisotopic (exact) mass is 487 g/mol. The Morgan fingerprint density at radius 1 is 1.09 bits per heavy atom. The maximum absolute atomic E-state index is 13.3. The molecule has 3 heterocycles. The number of carbonyl (C=O) groups excluding carboxylic acids is 1. The van der Waals surface area contributed by atoms with Crippen LogP contribution in [0.5, 0.6) is 0 Å². The standard InChI is InChI=1S/C24H33N5O2S2/c1-5-8-10-28-21(27-13-11-26(7-3)12-14-27)18(17(4)19(16-25)22(28)30)15-20-23(31)29(9-6-2)24(32)33-20/h15H,5-14H2,1-4H3/b20-15-. The molecule has 0 unspecified atom stereocenters. The summed E-state index contributed by atoms with van der Waals surface area (Å²) >= 11 is 6.75. The molecule has 1 aromatic rings. The zero-order valence-electron chi connectivity index (χ0n) is 20.0.